The van der Waals surface area contributed by atoms with Gasteiger partial charge in [-0.25, -0.2) is 0 Å². The van der Waals surface area contributed by atoms with Crippen molar-refractivity contribution in [2.75, 3.05) is 18.9 Å². The van der Waals surface area contributed by atoms with Crippen LogP contribution in [0.4, 0.5) is 5.69 Å². The molecular weight excluding hydrogens is 254 g/mol. The van der Waals surface area contributed by atoms with E-state index in [1.807, 2.05) is 23.8 Å². The van der Waals surface area contributed by atoms with Crippen LogP contribution in [-0.2, 0) is 6.54 Å². The molecule has 1 heterocycles. The number of rotatable bonds is 6. The molecule has 0 bridgehead atoms. The molecule has 1 amide bonds. The second-order valence-corrected chi connectivity index (χ2v) is 4.35. The maximum absolute atomic E-state index is 11.9. The molecule has 0 unspecified atom stereocenters. The highest BCUT2D eigenvalue weighted by Crippen LogP contribution is 2.12. The van der Waals surface area contributed by atoms with Crippen LogP contribution >= 0.6 is 0 Å². The number of amides is 1. The third-order valence-corrected chi connectivity index (χ3v) is 2.94. The molecule has 0 fully saturated rings. The van der Waals surface area contributed by atoms with Gasteiger partial charge in [0.25, 0.3) is 5.91 Å². The van der Waals surface area contributed by atoms with Gasteiger partial charge in [-0.15, -0.1) is 0 Å². The van der Waals surface area contributed by atoms with Crippen molar-refractivity contribution >= 4 is 11.6 Å². The van der Waals surface area contributed by atoms with Gasteiger partial charge in [-0.2, -0.15) is 0 Å². The summed E-state index contributed by atoms with van der Waals surface area (Å²) in [7, 11) is 0. The first-order valence-electron chi connectivity index (χ1n) is 6.62. The van der Waals surface area contributed by atoms with Crippen molar-refractivity contribution in [3.8, 4) is 5.75 Å². The summed E-state index contributed by atoms with van der Waals surface area (Å²) < 4.78 is 7.41. The van der Waals surface area contributed by atoms with Crippen LogP contribution in [0.2, 0.25) is 0 Å². The van der Waals surface area contributed by atoms with Crippen molar-refractivity contribution in [3.63, 3.8) is 0 Å². The number of hydrogen-bond donors (Lipinski definition) is 2. The highest BCUT2D eigenvalue weighted by molar-refractivity contribution is 5.92. The molecule has 20 heavy (non-hydrogen) atoms. The number of nitrogen functional groups attached to an aromatic ring is 1. The molecular formula is C15H19N3O2. The number of hydrogen-bond acceptors (Lipinski definition) is 3. The fraction of sp³-hybridized carbons (Fsp3) is 0.267. The third kappa shape index (κ3) is 3.54. The van der Waals surface area contributed by atoms with Crippen LogP contribution in [0.5, 0.6) is 5.75 Å². The molecule has 106 valence electrons. The first-order valence-corrected chi connectivity index (χ1v) is 6.62. The van der Waals surface area contributed by atoms with Crippen LogP contribution in [0.15, 0.2) is 42.6 Å². The highest BCUT2D eigenvalue weighted by Gasteiger charge is 2.08. The summed E-state index contributed by atoms with van der Waals surface area (Å²) in [6, 6.07) is 10.8. The Balaban J connectivity index is 1.76. The van der Waals surface area contributed by atoms with E-state index in [1.54, 1.807) is 30.3 Å². The number of ether oxygens (including phenoxy) is 1. The summed E-state index contributed by atoms with van der Waals surface area (Å²) in [4.78, 5) is 11.9. The summed E-state index contributed by atoms with van der Waals surface area (Å²) in [5, 5.41) is 2.83. The van der Waals surface area contributed by atoms with Crippen molar-refractivity contribution in [2.24, 2.45) is 0 Å². The molecule has 0 aliphatic rings. The number of nitrogens with zero attached hydrogens (tertiary/aromatic N) is 1. The summed E-state index contributed by atoms with van der Waals surface area (Å²) in [6.45, 7) is 3.65. The van der Waals surface area contributed by atoms with Crippen LogP contribution in [0.25, 0.3) is 0 Å². The summed E-state index contributed by atoms with van der Waals surface area (Å²) >= 11 is 0. The van der Waals surface area contributed by atoms with E-state index in [0.717, 1.165) is 12.3 Å². The van der Waals surface area contributed by atoms with Crippen molar-refractivity contribution < 1.29 is 9.53 Å². The van der Waals surface area contributed by atoms with E-state index in [0.29, 0.717) is 24.5 Å². The van der Waals surface area contributed by atoms with Gasteiger partial charge < -0.3 is 20.4 Å². The number of aromatic nitrogens is 1. The van der Waals surface area contributed by atoms with Gasteiger partial charge >= 0.3 is 0 Å². The lowest BCUT2D eigenvalue weighted by Crippen LogP contribution is -2.29. The Kier molecular flexibility index (Phi) is 4.65. The lowest BCUT2D eigenvalue weighted by Gasteiger charge is -2.09. The molecule has 0 aliphatic carbocycles. The van der Waals surface area contributed by atoms with Crippen molar-refractivity contribution in [1.29, 1.82) is 0 Å². The first kappa shape index (κ1) is 14.0. The molecule has 5 heteroatoms. The Hall–Kier alpha value is -2.43. The highest BCUT2D eigenvalue weighted by atomic mass is 16.5. The molecule has 2 rings (SSSR count). The quantitative estimate of drug-likeness (QED) is 0.624. The number of benzene rings is 1. The molecule has 0 saturated heterocycles. The number of carbonyl (C=O) groups is 1. The summed E-state index contributed by atoms with van der Waals surface area (Å²) in [5.74, 6) is 0.656. The maximum atomic E-state index is 11.9. The fourth-order valence-electron chi connectivity index (χ4n) is 1.88. The van der Waals surface area contributed by atoms with E-state index < -0.39 is 0 Å². The second kappa shape index (κ2) is 6.65. The first-order chi connectivity index (χ1) is 9.70. The van der Waals surface area contributed by atoms with Crippen LogP contribution < -0.4 is 15.8 Å². The molecule has 3 N–H and O–H groups in total. The Bertz CT molecular complexity index is 561. The number of nitrogens with one attached hydrogen (secondary N) is 1. The Morgan fingerprint density at radius 1 is 1.30 bits per heavy atom. The second-order valence-electron chi connectivity index (χ2n) is 4.35. The Morgan fingerprint density at radius 3 is 2.75 bits per heavy atom. The van der Waals surface area contributed by atoms with E-state index >= 15 is 0 Å². The zero-order valence-electron chi connectivity index (χ0n) is 11.5. The van der Waals surface area contributed by atoms with Crippen molar-refractivity contribution in [3.05, 3.63) is 48.3 Å². The van der Waals surface area contributed by atoms with Gasteiger partial charge in [0.2, 0.25) is 0 Å². The average Bonchev–Trinajstić information content (AvgIpc) is 2.94. The van der Waals surface area contributed by atoms with Gasteiger partial charge in [0.1, 0.15) is 18.1 Å². The minimum atomic E-state index is -0.0854. The monoisotopic (exact) mass is 273 g/mol. The molecule has 1 aromatic heterocycles. The van der Waals surface area contributed by atoms with E-state index in [1.165, 1.54) is 0 Å². The Labute approximate surface area is 118 Å². The summed E-state index contributed by atoms with van der Waals surface area (Å²) in [5.41, 5.74) is 6.95. The summed E-state index contributed by atoms with van der Waals surface area (Å²) in [6.07, 6.45) is 1.89. The number of nitrogens with two attached hydrogens (primary N) is 1. The topological polar surface area (TPSA) is 69.3 Å². The maximum Gasteiger partial charge on any atom is 0.268 e. The number of anilines is 1. The van der Waals surface area contributed by atoms with Gasteiger partial charge in [-0.05, 0) is 43.3 Å². The normalized spacial score (nSPS) is 10.2. The predicted molar refractivity (Wildman–Crippen MR) is 78.8 cm³/mol. The van der Waals surface area contributed by atoms with E-state index in [4.69, 9.17) is 10.5 Å². The van der Waals surface area contributed by atoms with Gasteiger partial charge in [0, 0.05) is 18.4 Å². The lowest BCUT2D eigenvalue weighted by atomic mass is 10.3. The van der Waals surface area contributed by atoms with Crippen molar-refractivity contribution in [1.82, 2.24) is 9.88 Å². The van der Waals surface area contributed by atoms with E-state index in [9.17, 15) is 4.79 Å². The molecule has 2 aromatic rings. The van der Waals surface area contributed by atoms with Crippen LogP contribution in [0, 0.1) is 0 Å². The minimum Gasteiger partial charge on any atom is -0.492 e. The third-order valence-electron chi connectivity index (χ3n) is 2.94. The van der Waals surface area contributed by atoms with Crippen LogP contribution in [0.3, 0.4) is 0 Å². The minimum absolute atomic E-state index is 0.0854. The zero-order chi connectivity index (χ0) is 14.4. The number of aryl methyl sites for hydroxylation is 1. The molecule has 0 radical (unpaired) electrons. The largest absolute Gasteiger partial charge is 0.492 e. The van der Waals surface area contributed by atoms with Crippen molar-refractivity contribution in [2.45, 2.75) is 13.5 Å². The standard InChI is InChI=1S/C15H19N3O2/c1-2-18-10-3-4-14(18)15(19)17-9-11-20-13-7-5-12(16)6-8-13/h3-8,10H,2,9,11,16H2,1H3,(H,17,19). The van der Waals surface area contributed by atoms with Gasteiger partial charge in [-0.1, -0.05) is 0 Å². The molecule has 0 aliphatic heterocycles. The zero-order valence-corrected chi connectivity index (χ0v) is 11.5. The van der Waals surface area contributed by atoms with Gasteiger partial charge in [0.05, 0.1) is 6.54 Å². The Morgan fingerprint density at radius 2 is 2.05 bits per heavy atom. The van der Waals surface area contributed by atoms with Gasteiger partial charge in [-0.3, -0.25) is 4.79 Å². The lowest BCUT2D eigenvalue weighted by molar-refractivity contribution is 0.0938. The molecule has 5 nitrogen and oxygen atoms in total. The van der Waals surface area contributed by atoms with Crippen LogP contribution in [0.1, 0.15) is 17.4 Å². The fourth-order valence-corrected chi connectivity index (χ4v) is 1.88. The number of carbonyl (C=O) groups excluding carboxylic acids is 1. The van der Waals surface area contributed by atoms with Crippen LogP contribution in [-0.4, -0.2) is 23.6 Å². The molecule has 1 aromatic carbocycles. The molecule has 0 spiro atoms. The van der Waals surface area contributed by atoms with Gasteiger partial charge in [0.15, 0.2) is 0 Å². The smallest absolute Gasteiger partial charge is 0.268 e. The predicted octanol–water partition coefficient (Wildman–Crippen LogP) is 1.90. The SMILES string of the molecule is CCn1cccc1C(=O)NCCOc1ccc(N)cc1. The molecule has 0 atom stereocenters. The molecule has 0 saturated carbocycles. The van der Waals surface area contributed by atoms with E-state index in [-0.39, 0.29) is 5.91 Å². The van der Waals surface area contributed by atoms with E-state index in [2.05, 4.69) is 5.32 Å². The average molecular weight is 273 g/mol.